The van der Waals surface area contributed by atoms with Crippen molar-refractivity contribution in [1.29, 1.82) is 0 Å². The molecule has 0 fully saturated rings. The van der Waals surface area contributed by atoms with Gasteiger partial charge in [0.1, 0.15) is 0 Å². The van der Waals surface area contributed by atoms with Crippen molar-refractivity contribution in [2.24, 2.45) is 0 Å². The van der Waals surface area contributed by atoms with Gasteiger partial charge < -0.3 is 9.32 Å². The molecule has 4 rings (SSSR count). The summed E-state index contributed by atoms with van der Waals surface area (Å²) in [5, 5.41) is 9.64. The van der Waals surface area contributed by atoms with Crippen LogP contribution in [0, 0.1) is 0 Å². The number of thiophene rings is 1. The first-order valence-corrected chi connectivity index (χ1v) is 8.36. The summed E-state index contributed by atoms with van der Waals surface area (Å²) in [5.41, 5.74) is 2.77. The van der Waals surface area contributed by atoms with E-state index in [0.29, 0.717) is 11.5 Å². The van der Waals surface area contributed by atoms with Crippen molar-refractivity contribution in [3.8, 4) is 11.5 Å². The molecule has 1 amide bonds. The number of amides is 1. The van der Waals surface area contributed by atoms with E-state index in [1.54, 1.807) is 11.3 Å². The van der Waals surface area contributed by atoms with E-state index in [1.165, 1.54) is 16.8 Å². The van der Waals surface area contributed by atoms with E-state index in [9.17, 15) is 4.79 Å². The van der Waals surface area contributed by atoms with Gasteiger partial charge >= 0.3 is 0 Å². The number of hydrogen-bond donors (Lipinski definition) is 0. The number of carbonyl (C=O) groups excluding carboxylic acids is 1. The van der Waals surface area contributed by atoms with Gasteiger partial charge in [-0.1, -0.05) is 0 Å². The van der Waals surface area contributed by atoms with Gasteiger partial charge in [0.05, 0.1) is 6.04 Å². The number of carbonyl (C=O) groups is 1. The molecule has 3 heterocycles. The summed E-state index contributed by atoms with van der Waals surface area (Å²) in [6.45, 7) is 2.86. The molecule has 0 spiro atoms. The van der Waals surface area contributed by atoms with Gasteiger partial charge in [0.2, 0.25) is 12.3 Å². The Hall–Kier alpha value is -2.47. The predicted molar refractivity (Wildman–Crippen MR) is 87.2 cm³/mol. The van der Waals surface area contributed by atoms with Crippen LogP contribution in [-0.2, 0) is 6.42 Å². The highest BCUT2D eigenvalue weighted by Gasteiger charge is 2.28. The van der Waals surface area contributed by atoms with Gasteiger partial charge in [0.25, 0.3) is 5.91 Å². The van der Waals surface area contributed by atoms with Crippen LogP contribution in [0.3, 0.4) is 0 Å². The van der Waals surface area contributed by atoms with Crippen LogP contribution in [0.5, 0.6) is 0 Å². The van der Waals surface area contributed by atoms with Crippen LogP contribution < -0.4 is 0 Å². The predicted octanol–water partition coefficient (Wildman–Crippen LogP) is 3.56. The Morgan fingerprint density at radius 3 is 2.87 bits per heavy atom. The first kappa shape index (κ1) is 14.1. The van der Waals surface area contributed by atoms with Gasteiger partial charge in [-0.15, -0.1) is 21.5 Å². The van der Waals surface area contributed by atoms with Crippen LogP contribution >= 0.6 is 11.3 Å². The monoisotopic (exact) mass is 325 g/mol. The molecule has 1 atom stereocenters. The quantitative estimate of drug-likeness (QED) is 0.723. The fourth-order valence-electron chi connectivity index (χ4n) is 3.01. The van der Waals surface area contributed by atoms with E-state index in [-0.39, 0.29) is 11.9 Å². The zero-order chi connectivity index (χ0) is 15.8. The molecule has 0 N–H and O–H groups in total. The molecule has 5 nitrogen and oxygen atoms in total. The smallest absolute Gasteiger partial charge is 0.254 e. The zero-order valence-corrected chi connectivity index (χ0v) is 13.4. The minimum atomic E-state index is 0.0615. The minimum Gasteiger partial charge on any atom is -0.423 e. The maximum atomic E-state index is 12.8. The van der Waals surface area contributed by atoms with E-state index in [1.807, 2.05) is 29.2 Å². The summed E-state index contributed by atoms with van der Waals surface area (Å²) in [6, 6.07) is 9.56. The van der Waals surface area contributed by atoms with Crippen molar-refractivity contribution in [3.05, 3.63) is 58.1 Å². The molecule has 1 aromatic carbocycles. The summed E-state index contributed by atoms with van der Waals surface area (Å²) < 4.78 is 5.17. The van der Waals surface area contributed by atoms with Gasteiger partial charge in [0, 0.05) is 22.5 Å². The number of hydrogen-bond acceptors (Lipinski definition) is 5. The number of fused-ring (bicyclic) bond motifs is 1. The van der Waals surface area contributed by atoms with Crippen LogP contribution in [0.15, 0.2) is 46.5 Å². The largest absolute Gasteiger partial charge is 0.423 e. The highest BCUT2D eigenvalue weighted by atomic mass is 32.1. The van der Waals surface area contributed by atoms with Crippen LogP contribution in [0.4, 0.5) is 0 Å². The summed E-state index contributed by atoms with van der Waals surface area (Å²) in [6.07, 6.45) is 2.23. The molecule has 0 bridgehead atoms. The third kappa shape index (κ3) is 2.45. The van der Waals surface area contributed by atoms with Crippen molar-refractivity contribution >= 4 is 17.2 Å². The molecule has 0 aliphatic carbocycles. The van der Waals surface area contributed by atoms with Crippen LogP contribution in [-0.4, -0.2) is 27.5 Å². The normalized spacial score (nSPS) is 17.1. The van der Waals surface area contributed by atoms with Crippen LogP contribution in [0.2, 0.25) is 0 Å². The lowest BCUT2D eigenvalue weighted by atomic mass is 10.00. The van der Waals surface area contributed by atoms with Crippen molar-refractivity contribution in [2.75, 3.05) is 6.54 Å². The molecule has 3 aromatic rings. The van der Waals surface area contributed by atoms with Gasteiger partial charge in [-0.2, -0.15) is 0 Å². The second kappa shape index (κ2) is 5.62. The maximum absolute atomic E-state index is 12.8. The van der Waals surface area contributed by atoms with E-state index >= 15 is 0 Å². The Bertz CT molecular complexity index is 824. The molecule has 23 heavy (non-hydrogen) atoms. The van der Waals surface area contributed by atoms with E-state index < -0.39 is 0 Å². The Morgan fingerprint density at radius 1 is 1.30 bits per heavy atom. The Kier molecular flexibility index (Phi) is 3.46. The van der Waals surface area contributed by atoms with Gasteiger partial charge in [-0.05, 0) is 54.6 Å². The SMILES string of the molecule is C[C@H]1c2ccsc2CCN1C(=O)c1ccc(-c2nnco2)cc1. The minimum absolute atomic E-state index is 0.0615. The highest BCUT2D eigenvalue weighted by molar-refractivity contribution is 7.10. The number of benzene rings is 1. The lowest BCUT2D eigenvalue weighted by Gasteiger charge is -2.33. The highest BCUT2D eigenvalue weighted by Crippen LogP contribution is 2.33. The summed E-state index contributed by atoms with van der Waals surface area (Å²) >= 11 is 1.78. The van der Waals surface area contributed by atoms with Crippen molar-refractivity contribution in [1.82, 2.24) is 15.1 Å². The van der Waals surface area contributed by atoms with Gasteiger partial charge in [-0.25, -0.2) is 0 Å². The Balaban J connectivity index is 1.58. The number of nitrogens with zero attached hydrogens (tertiary/aromatic N) is 3. The average Bonchev–Trinajstić information content (AvgIpc) is 3.27. The van der Waals surface area contributed by atoms with Crippen molar-refractivity contribution < 1.29 is 9.21 Å². The molecule has 1 aliphatic rings. The van der Waals surface area contributed by atoms with Crippen molar-refractivity contribution in [3.63, 3.8) is 0 Å². The van der Waals surface area contributed by atoms with Crippen molar-refractivity contribution in [2.45, 2.75) is 19.4 Å². The van der Waals surface area contributed by atoms with Gasteiger partial charge in [-0.3, -0.25) is 4.79 Å². The second-order valence-electron chi connectivity index (χ2n) is 5.54. The fourth-order valence-corrected chi connectivity index (χ4v) is 3.97. The number of aromatic nitrogens is 2. The van der Waals surface area contributed by atoms with E-state index in [2.05, 4.69) is 28.6 Å². The average molecular weight is 325 g/mol. The van der Waals surface area contributed by atoms with Gasteiger partial charge in [0.15, 0.2) is 0 Å². The fraction of sp³-hybridized carbons (Fsp3) is 0.235. The summed E-state index contributed by atoms with van der Waals surface area (Å²) in [7, 11) is 0. The molecule has 1 aliphatic heterocycles. The molecule has 2 aromatic heterocycles. The molecule has 116 valence electrons. The standard InChI is InChI=1S/C17H15N3O2S/c1-11-14-7-9-23-15(14)6-8-20(11)17(21)13-4-2-12(3-5-13)16-19-18-10-22-16/h2-5,7,9-11H,6,8H2,1H3/t11-/m0/s1. The Labute approximate surface area is 137 Å². The molecule has 0 saturated carbocycles. The molecule has 0 saturated heterocycles. The lowest BCUT2D eigenvalue weighted by molar-refractivity contribution is 0.0679. The molecule has 0 unspecified atom stereocenters. The zero-order valence-electron chi connectivity index (χ0n) is 12.6. The molecular formula is C17H15N3O2S. The third-order valence-electron chi connectivity index (χ3n) is 4.28. The third-order valence-corrected chi connectivity index (χ3v) is 5.27. The van der Waals surface area contributed by atoms with E-state index in [0.717, 1.165) is 18.5 Å². The Morgan fingerprint density at radius 2 is 2.13 bits per heavy atom. The van der Waals surface area contributed by atoms with Crippen LogP contribution in [0.25, 0.3) is 11.5 Å². The first-order chi connectivity index (χ1) is 11.2. The summed E-state index contributed by atoms with van der Waals surface area (Å²) in [5.74, 6) is 0.518. The maximum Gasteiger partial charge on any atom is 0.254 e. The lowest BCUT2D eigenvalue weighted by Crippen LogP contribution is -2.38. The molecule has 6 heteroatoms. The topological polar surface area (TPSA) is 59.2 Å². The molecular weight excluding hydrogens is 310 g/mol. The van der Waals surface area contributed by atoms with E-state index in [4.69, 9.17) is 4.42 Å². The first-order valence-electron chi connectivity index (χ1n) is 7.48. The van der Waals surface area contributed by atoms with Crippen LogP contribution in [0.1, 0.15) is 33.8 Å². The summed E-state index contributed by atoms with van der Waals surface area (Å²) in [4.78, 5) is 16.2. The molecule has 0 radical (unpaired) electrons. The second-order valence-corrected chi connectivity index (χ2v) is 6.55. The number of rotatable bonds is 2.